The van der Waals surface area contributed by atoms with E-state index >= 15 is 0 Å². The Labute approximate surface area is 88.3 Å². The van der Waals surface area contributed by atoms with Gasteiger partial charge in [0.25, 0.3) is 0 Å². The Morgan fingerprint density at radius 2 is 1.77 bits per heavy atom. The molecular weight excluding hydrogens is 207 g/mol. The lowest BCUT2D eigenvalue weighted by Crippen LogP contribution is -2.08. The summed E-state index contributed by atoms with van der Waals surface area (Å²) < 4.78 is 0. The number of rotatable bonds is 3. The van der Waals surface area contributed by atoms with Crippen molar-refractivity contribution in [3.05, 3.63) is 33.8 Å². The van der Waals surface area contributed by atoms with E-state index in [9.17, 15) is 5.11 Å². The highest BCUT2D eigenvalue weighted by Gasteiger charge is 2.04. The third-order valence-electron chi connectivity index (χ3n) is 1.86. The Morgan fingerprint density at radius 3 is 2.23 bits per heavy atom. The molecule has 1 rings (SSSR count). The van der Waals surface area contributed by atoms with E-state index in [1.54, 1.807) is 6.07 Å². The van der Waals surface area contributed by atoms with Gasteiger partial charge < -0.3 is 5.11 Å². The normalized spacial score (nSPS) is 12.9. The molecular formula is C10H12Cl2O. The molecule has 72 valence electrons. The molecule has 0 aromatic heterocycles. The van der Waals surface area contributed by atoms with Crippen LogP contribution in [0.5, 0.6) is 0 Å². The number of benzene rings is 1. The summed E-state index contributed by atoms with van der Waals surface area (Å²) >= 11 is 11.6. The molecule has 1 N–H and O–H groups in total. The maximum absolute atomic E-state index is 9.41. The van der Waals surface area contributed by atoms with Gasteiger partial charge in [0.2, 0.25) is 0 Å². The number of hydrogen-bond acceptors (Lipinski definition) is 1. The minimum absolute atomic E-state index is 0.311. The predicted molar refractivity (Wildman–Crippen MR) is 56.5 cm³/mol. The maximum atomic E-state index is 9.41. The van der Waals surface area contributed by atoms with E-state index in [0.29, 0.717) is 16.5 Å². The first-order valence-electron chi connectivity index (χ1n) is 4.25. The fraction of sp³-hybridized carbons (Fsp3) is 0.400. The number of aliphatic hydroxyl groups is 1. The van der Waals surface area contributed by atoms with E-state index in [2.05, 4.69) is 0 Å². The molecule has 0 saturated heterocycles. The molecule has 0 aliphatic carbocycles. The van der Waals surface area contributed by atoms with Gasteiger partial charge >= 0.3 is 0 Å². The Balaban J connectivity index is 2.77. The second-order valence-corrected chi connectivity index (χ2v) is 3.92. The van der Waals surface area contributed by atoms with E-state index in [1.165, 1.54) is 0 Å². The fourth-order valence-corrected chi connectivity index (χ4v) is 1.72. The molecule has 3 heteroatoms. The average molecular weight is 219 g/mol. The monoisotopic (exact) mass is 218 g/mol. The third-order valence-corrected chi connectivity index (χ3v) is 2.30. The zero-order valence-corrected chi connectivity index (χ0v) is 8.94. The number of aliphatic hydroxyl groups excluding tert-OH is 1. The Morgan fingerprint density at radius 1 is 1.23 bits per heavy atom. The summed E-state index contributed by atoms with van der Waals surface area (Å²) in [4.78, 5) is 0. The highest BCUT2D eigenvalue weighted by atomic mass is 35.5. The van der Waals surface area contributed by atoms with E-state index in [-0.39, 0.29) is 6.10 Å². The zero-order valence-electron chi connectivity index (χ0n) is 7.43. The third kappa shape index (κ3) is 3.55. The van der Waals surface area contributed by atoms with Crippen molar-refractivity contribution in [3.8, 4) is 0 Å². The largest absolute Gasteiger partial charge is 0.393 e. The fourth-order valence-electron chi connectivity index (χ4n) is 1.15. The second kappa shape index (κ2) is 4.85. The molecule has 13 heavy (non-hydrogen) atoms. The van der Waals surface area contributed by atoms with E-state index < -0.39 is 0 Å². The van der Waals surface area contributed by atoms with E-state index in [4.69, 9.17) is 23.2 Å². The Kier molecular flexibility index (Phi) is 4.04. The molecule has 0 fully saturated rings. The zero-order chi connectivity index (χ0) is 9.84. The molecule has 0 bridgehead atoms. The van der Waals surface area contributed by atoms with E-state index in [0.717, 1.165) is 12.0 Å². The van der Waals surface area contributed by atoms with E-state index in [1.807, 2.05) is 19.1 Å². The highest BCUT2D eigenvalue weighted by molar-refractivity contribution is 6.34. The Hall–Kier alpha value is -0.240. The van der Waals surface area contributed by atoms with Crippen LogP contribution >= 0.6 is 23.2 Å². The van der Waals surface area contributed by atoms with Gasteiger partial charge in [0.1, 0.15) is 0 Å². The van der Waals surface area contributed by atoms with Gasteiger partial charge in [-0.25, -0.2) is 0 Å². The number of halogens is 2. The van der Waals surface area contributed by atoms with Gasteiger partial charge in [-0.15, -0.1) is 0 Å². The standard InChI is InChI=1S/C10H12Cl2O/c1-2-10(13)5-7-3-8(11)6-9(12)4-7/h3-4,6,10,13H,2,5H2,1H3. The van der Waals surface area contributed by atoms with Gasteiger partial charge in [-0.05, 0) is 36.6 Å². The van der Waals surface area contributed by atoms with Crippen molar-refractivity contribution in [2.75, 3.05) is 0 Å². The summed E-state index contributed by atoms with van der Waals surface area (Å²) in [5.41, 5.74) is 0.979. The van der Waals surface area contributed by atoms with Crippen molar-refractivity contribution < 1.29 is 5.11 Å². The average Bonchev–Trinajstić information content (AvgIpc) is 2.02. The molecule has 1 aromatic rings. The van der Waals surface area contributed by atoms with Crippen molar-refractivity contribution in [2.24, 2.45) is 0 Å². The lowest BCUT2D eigenvalue weighted by molar-refractivity contribution is 0.171. The van der Waals surface area contributed by atoms with Crippen LogP contribution < -0.4 is 0 Å². The van der Waals surface area contributed by atoms with Gasteiger partial charge in [0.15, 0.2) is 0 Å². The summed E-state index contributed by atoms with van der Waals surface area (Å²) in [5, 5.41) is 10.6. The van der Waals surface area contributed by atoms with Crippen LogP contribution in [-0.4, -0.2) is 11.2 Å². The Bertz CT molecular complexity index is 266. The molecule has 0 radical (unpaired) electrons. The van der Waals surface area contributed by atoms with Crippen LogP contribution in [0.3, 0.4) is 0 Å². The molecule has 0 spiro atoms. The molecule has 1 atom stereocenters. The quantitative estimate of drug-likeness (QED) is 0.826. The molecule has 0 aliphatic heterocycles. The summed E-state index contributed by atoms with van der Waals surface area (Å²) in [6, 6.07) is 5.34. The first-order valence-corrected chi connectivity index (χ1v) is 5.00. The molecule has 0 amide bonds. The van der Waals surface area contributed by atoms with Crippen LogP contribution in [0, 0.1) is 0 Å². The van der Waals surface area contributed by atoms with Gasteiger partial charge in [0.05, 0.1) is 6.10 Å². The predicted octanol–water partition coefficient (Wildman–Crippen LogP) is 3.31. The van der Waals surface area contributed by atoms with Crippen LogP contribution in [0.1, 0.15) is 18.9 Å². The first kappa shape index (κ1) is 10.8. The molecule has 0 heterocycles. The second-order valence-electron chi connectivity index (χ2n) is 3.04. The van der Waals surface area contributed by atoms with Crippen LogP contribution in [0.25, 0.3) is 0 Å². The summed E-state index contributed by atoms with van der Waals surface area (Å²) in [6.45, 7) is 1.94. The SMILES string of the molecule is CCC(O)Cc1cc(Cl)cc(Cl)c1. The van der Waals surface area contributed by atoms with Crippen molar-refractivity contribution in [3.63, 3.8) is 0 Å². The van der Waals surface area contributed by atoms with Gasteiger partial charge in [-0.3, -0.25) is 0 Å². The van der Waals surface area contributed by atoms with Crippen molar-refractivity contribution in [1.29, 1.82) is 0 Å². The number of hydrogen-bond donors (Lipinski definition) is 1. The van der Waals surface area contributed by atoms with Crippen LogP contribution in [0.4, 0.5) is 0 Å². The van der Waals surface area contributed by atoms with Crippen molar-refractivity contribution in [1.82, 2.24) is 0 Å². The minimum atomic E-state index is -0.311. The lowest BCUT2D eigenvalue weighted by atomic mass is 10.1. The minimum Gasteiger partial charge on any atom is -0.393 e. The molecule has 0 saturated carbocycles. The van der Waals surface area contributed by atoms with Crippen molar-refractivity contribution in [2.45, 2.75) is 25.9 Å². The molecule has 1 aromatic carbocycles. The smallest absolute Gasteiger partial charge is 0.0578 e. The first-order chi connectivity index (χ1) is 6.11. The maximum Gasteiger partial charge on any atom is 0.0578 e. The van der Waals surface area contributed by atoms with Gasteiger partial charge in [-0.1, -0.05) is 30.1 Å². The molecule has 0 aliphatic rings. The lowest BCUT2D eigenvalue weighted by Gasteiger charge is -2.08. The van der Waals surface area contributed by atoms with Crippen LogP contribution in [0.2, 0.25) is 10.0 Å². The van der Waals surface area contributed by atoms with Crippen LogP contribution in [0.15, 0.2) is 18.2 Å². The highest BCUT2D eigenvalue weighted by Crippen LogP contribution is 2.20. The molecule has 1 unspecified atom stereocenters. The van der Waals surface area contributed by atoms with Gasteiger partial charge in [0, 0.05) is 10.0 Å². The summed E-state index contributed by atoms with van der Waals surface area (Å²) in [6.07, 6.45) is 1.04. The van der Waals surface area contributed by atoms with Crippen LogP contribution in [-0.2, 0) is 6.42 Å². The summed E-state index contributed by atoms with van der Waals surface area (Å²) in [5.74, 6) is 0. The molecule has 1 nitrogen and oxygen atoms in total. The topological polar surface area (TPSA) is 20.2 Å². The summed E-state index contributed by atoms with van der Waals surface area (Å²) in [7, 11) is 0. The van der Waals surface area contributed by atoms with Gasteiger partial charge in [-0.2, -0.15) is 0 Å². The van der Waals surface area contributed by atoms with Crippen molar-refractivity contribution >= 4 is 23.2 Å².